The molecule has 0 bridgehead atoms. The van der Waals surface area contributed by atoms with Crippen molar-refractivity contribution in [1.82, 2.24) is 4.90 Å². The summed E-state index contributed by atoms with van der Waals surface area (Å²) < 4.78 is 0. The Morgan fingerprint density at radius 1 is 1.21 bits per heavy atom. The summed E-state index contributed by atoms with van der Waals surface area (Å²) in [5, 5.41) is 0.827. The molecule has 0 aliphatic carbocycles. The number of carbonyl (C=O) groups is 2. The molecule has 6 heteroatoms. The summed E-state index contributed by atoms with van der Waals surface area (Å²) in [7, 11) is 0. The molecule has 0 radical (unpaired) electrons. The molecule has 2 amide bonds. The van der Waals surface area contributed by atoms with E-state index in [1.54, 1.807) is 11.8 Å². The van der Waals surface area contributed by atoms with Gasteiger partial charge in [0.05, 0.1) is 5.04 Å². The van der Waals surface area contributed by atoms with E-state index in [1.807, 2.05) is 18.7 Å². The minimum Gasteiger partial charge on any atom is -0.342 e. The molecule has 3 atom stereocenters. The summed E-state index contributed by atoms with van der Waals surface area (Å²) in [6.07, 6.45) is 2.00. The van der Waals surface area contributed by atoms with Crippen molar-refractivity contribution >= 4 is 34.5 Å². The van der Waals surface area contributed by atoms with Crippen LogP contribution < -0.4 is 0 Å². The predicted octanol–water partition coefficient (Wildman–Crippen LogP) is 3.27. The van der Waals surface area contributed by atoms with E-state index in [9.17, 15) is 9.59 Å². The van der Waals surface area contributed by atoms with Crippen molar-refractivity contribution in [2.75, 3.05) is 13.1 Å². The minimum atomic E-state index is -0.279. The smallest absolute Gasteiger partial charge is 0.261 e. The largest absolute Gasteiger partial charge is 0.342 e. The van der Waals surface area contributed by atoms with E-state index in [0.29, 0.717) is 30.5 Å². The van der Waals surface area contributed by atoms with Crippen LogP contribution >= 0.6 is 11.8 Å². The summed E-state index contributed by atoms with van der Waals surface area (Å²) in [4.78, 5) is 36.5. The molecule has 1 fully saturated rings. The van der Waals surface area contributed by atoms with Gasteiger partial charge in [0, 0.05) is 25.9 Å². The van der Waals surface area contributed by atoms with Crippen molar-refractivity contribution in [2.45, 2.75) is 47.0 Å². The first kappa shape index (κ1) is 17.4. The van der Waals surface area contributed by atoms with Gasteiger partial charge in [-0.15, -0.1) is 0 Å². The summed E-state index contributed by atoms with van der Waals surface area (Å²) in [5.74, 6) is 1.35. The fraction of sp³-hybridized carbons (Fsp3) is 0.667. The van der Waals surface area contributed by atoms with E-state index in [2.05, 4.69) is 23.8 Å². The lowest BCUT2D eigenvalue weighted by atomic mass is 9.91. The zero-order chi connectivity index (χ0) is 17.4. The fourth-order valence-corrected chi connectivity index (χ4v) is 4.90. The van der Waals surface area contributed by atoms with E-state index in [-0.39, 0.29) is 17.7 Å². The second-order valence-corrected chi connectivity index (χ2v) is 8.57. The van der Waals surface area contributed by atoms with Crippen molar-refractivity contribution in [2.24, 2.45) is 27.7 Å². The zero-order valence-corrected chi connectivity index (χ0v) is 15.7. The van der Waals surface area contributed by atoms with Crippen molar-refractivity contribution in [3.8, 4) is 0 Å². The Bertz CT molecular complexity index is 655. The molecule has 5 nitrogen and oxygen atoms in total. The summed E-state index contributed by atoms with van der Waals surface area (Å²) in [6, 6.07) is 0. The van der Waals surface area contributed by atoms with Crippen LogP contribution in [-0.2, 0) is 9.59 Å². The Morgan fingerprint density at radius 2 is 1.88 bits per heavy atom. The van der Waals surface area contributed by atoms with Crippen LogP contribution in [0.25, 0.3) is 0 Å². The number of allylic oxidation sites excluding steroid dienone is 1. The van der Waals surface area contributed by atoms with Crippen LogP contribution in [0.5, 0.6) is 0 Å². The van der Waals surface area contributed by atoms with Crippen LogP contribution in [0.3, 0.4) is 0 Å². The van der Waals surface area contributed by atoms with Crippen molar-refractivity contribution < 1.29 is 9.59 Å². The number of rotatable bonds is 3. The predicted molar refractivity (Wildman–Crippen MR) is 98.1 cm³/mol. The minimum absolute atomic E-state index is 0.135. The van der Waals surface area contributed by atoms with Crippen LogP contribution in [0.4, 0.5) is 0 Å². The molecule has 0 aromatic heterocycles. The molecule has 1 saturated heterocycles. The molecule has 3 unspecified atom stereocenters. The highest BCUT2D eigenvalue weighted by Gasteiger charge is 2.36. The lowest BCUT2D eigenvalue weighted by Gasteiger charge is -2.35. The third kappa shape index (κ3) is 3.48. The lowest BCUT2D eigenvalue weighted by Crippen LogP contribution is -2.42. The number of hydrogen-bond acceptors (Lipinski definition) is 4. The zero-order valence-electron chi connectivity index (χ0n) is 14.8. The van der Waals surface area contributed by atoms with Gasteiger partial charge in [-0.05, 0) is 42.6 Å². The number of nitrogens with zero attached hydrogens (tertiary/aromatic N) is 3. The van der Waals surface area contributed by atoms with E-state index in [4.69, 9.17) is 0 Å². The average Bonchev–Trinajstić information content (AvgIpc) is 2.79. The number of piperidine rings is 1. The van der Waals surface area contributed by atoms with E-state index < -0.39 is 0 Å². The average molecular weight is 347 g/mol. The number of amidine groups is 1. The Labute approximate surface area is 147 Å². The molecule has 0 aromatic rings. The van der Waals surface area contributed by atoms with E-state index >= 15 is 0 Å². The molecule has 0 aromatic carbocycles. The normalized spacial score (nSPS) is 30.2. The molecule has 130 valence electrons. The maximum Gasteiger partial charge on any atom is 0.261 e. The molecule has 0 saturated carbocycles. The van der Waals surface area contributed by atoms with Crippen molar-refractivity contribution in [3.05, 3.63) is 10.5 Å². The number of thioether (sulfide) groups is 1. The highest BCUT2D eigenvalue weighted by Crippen LogP contribution is 2.40. The first-order valence-corrected chi connectivity index (χ1v) is 9.49. The van der Waals surface area contributed by atoms with Crippen LogP contribution in [0.15, 0.2) is 20.5 Å². The van der Waals surface area contributed by atoms with Gasteiger partial charge in [0.2, 0.25) is 5.91 Å². The lowest BCUT2D eigenvalue weighted by molar-refractivity contribution is -0.133. The van der Waals surface area contributed by atoms with Gasteiger partial charge in [-0.1, -0.05) is 25.6 Å². The molecule has 0 spiro atoms. The summed E-state index contributed by atoms with van der Waals surface area (Å²) in [5.41, 5.74) is 1.05. The topological polar surface area (TPSA) is 62.1 Å². The first-order valence-electron chi connectivity index (χ1n) is 8.68. The number of amides is 2. The highest BCUT2D eigenvalue weighted by molar-refractivity contribution is 8.17. The fourth-order valence-electron chi connectivity index (χ4n) is 3.76. The van der Waals surface area contributed by atoms with Gasteiger partial charge in [0.15, 0.2) is 0 Å². The second-order valence-electron chi connectivity index (χ2n) is 7.34. The molecule has 3 rings (SSSR count). The van der Waals surface area contributed by atoms with Crippen LogP contribution in [0, 0.1) is 17.8 Å². The monoisotopic (exact) mass is 347 g/mol. The van der Waals surface area contributed by atoms with Gasteiger partial charge in [0.1, 0.15) is 11.8 Å². The molecule has 0 N–H and O–H groups in total. The van der Waals surface area contributed by atoms with Crippen molar-refractivity contribution in [3.63, 3.8) is 0 Å². The Kier molecular flexibility index (Phi) is 4.95. The number of hydrogen-bond donors (Lipinski definition) is 0. The standard InChI is InChI=1S/C18H25N3O2S/c1-10-7-11(2)9-21(8-10)15(22)6-5-14-19-17(23)16-12(3)13(4)24-18(16)20-14/h10-11,16H,5-9H2,1-4H3. The quantitative estimate of drug-likeness (QED) is 0.787. The number of likely N-dealkylation sites (tertiary alicyclic amines) is 1. The van der Waals surface area contributed by atoms with Crippen LogP contribution in [0.2, 0.25) is 0 Å². The molecule has 3 heterocycles. The van der Waals surface area contributed by atoms with Gasteiger partial charge in [-0.2, -0.15) is 4.99 Å². The van der Waals surface area contributed by atoms with Gasteiger partial charge in [-0.25, -0.2) is 4.99 Å². The molecule has 24 heavy (non-hydrogen) atoms. The van der Waals surface area contributed by atoms with Crippen molar-refractivity contribution in [1.29, 1.82) is 0 Å². The van der Waals surface area contributed by atoms with Gasteiger partial charge < -0.3 is 4.90 Å². The number of fused-ring (bicyclic) bond motifs is 1. The van der Waals surface area contributed by atoms with Crippen LogP contribution in [-0.4, -0.2) is 40.7 Å². The molecular weight excluding hydrogens is 322 g/mol. The molecular formula is C18H25N3O2S. The maximum absolute atomic E-state index is 12.5. The van der Waals surface area contributed by atoms with Crippen LogP contribution in [0.1, 0.15) is 47.0 Å². The molecule has 3 aliphatic heterocycles. The van der Waals surface area contributed by atoms with E-state index in [1.165, 1.54) is 6.42 Å². The van der Waals surface area contributed by atoms with Gasteiger partial charge >= 0.3 is 0 Å². The van der Waals surface area contributed by atoms with E-state index in [0.717, 1.165) is 28.6 Å². The Hall–Kier alpha value is -1.43. The summed E-state index contributed by atoms with van der Waals surface area (Å²) in [6.45, 7) is 10.0. The third-order valence-electron chi connectivity index (χ3n) is 5.00. The van der Waals surface area contributed by atoms with Gasteiger partial charge in [0.25, 0.3) is 5.91 Å². The second kappa shape index (κ2) is 6.82. The molecule has 3 aliphatic rings. The van der Waals surface area contributed by atoms with Gasteiger partial charge in [-0.3, -0.25) is 9.59 Å². The number of carbonyl (C=O) groups excluding carboxylic acids is 2. The summed E-state index contributed by atoms with van der Waals surface area (Å²) >= 11 is 1.56. The maximum atomic E-state index is 12.5. The SMILES string of the molecule is CC1=C(C)C2C(=O)N=C(CCC(=O)N3CC(C)CC(C)C3)N=C2S1. The highest BCUT2D eigenvalue weighted by atomic mass is 32.2. The Balaban J connectivity index is 1.60. The first-order chi connectivity index (χ1) is 11.3. The number of aliphatic imine (C=N–C) groups is 2. The third-order valence-corrected chi connectivity index (χ3v) is 6.17. The Morgan fingerprint density at radius 3 is 2.54 bits per heavy atom.